The molecule has 0 radical (unpaired) electrons. The van der Waals surface area contributed by atoms with E-state index in [1.165, 1.54) is 0 Å². The van der Waals surface area contributed by atoms with Crippen LogP contribution in [0.3, 0.4) is 0 Å². The van der Waals surface area contributed by atoms with Crippen molar-refractivity contribution in [2.75, 3.05) is 19.7 Å². The van der Waals surface area contributed by atoms with E-state index in [1.54, 1.807) is 0 Å². The molecule has 0 bridgehead atoms. The number of hydrogen-bond donors (Lipinski definition) is 2. The molecule has 0 saturated carbocycles. The molecule has 1 aromatic heterocycles. The predicted octanol–water partition coefficient (Wildman–Crippen LogP) is 2.39. The summed E-state index contributed by atoms with van der Waals surface area (Å²) in [7, 11) is 0. The zero-order valence-electron chi connectivity index (χ0n) is 15.0. The number of aryl methyl sites for hydroxylation is 1. The van der Waals surface area contributed by atoms with Crippen LogP contribution in [0.1, 0.15) is 37.6 Å². The Hall–Kier alpha value is -1.76. The van der Waals surface area contributed by atoms with E-state index in [2.05, 4.69) is 22.0 Å². The Morgan fingerprint density at radius 1 is 1.36 bits per heavy atom. The van der Waals surface area contributed by atoms with Gasteiger partial charge in [-0.25, -0.2) is 0 Å². The molecule has 0 aliphatic carbocycles. The Labute approximate surface area is 148 Å². The molecule has 0 amide bonds. The summed E-state index contributed by atoms with van der Waals surface area (Å²) in [5, 5.41) is 24.4. The third-order valence-corrected chi connectivity index (χ3v) is 5.24. The highest BCUT2D eigenvalue weighted by atomic mass is 16.5. The number of rotatable bonds is 6. The first-order valence-corrected chi connectivity index (χ1v) is 8.98. The number of likely N-dealkylation sites (tertiary alicyclic amines) is 1. The van der Waals surface area contributed by atoms with Crippen molar-refractivity contribution < 1.29 is 14.7 Å². The van der Waals surface area contributed by atoms with E-state index >= 15 is 0 Å². The lowest BCUT2D eigenvalue weighted by molar-refractivity contribution is -0.0835. The maximum absolute atomic E-state index is 10.4. The normalized spacial score (nSPS) is 24.6. The summed E-state index contributed by atoms with van der Waals surface area (Å²) in [6.07, 6.45) is 1.93. The van der Waals surface area contributed by atoms with Crippen molar-refractivity contribution in [1.29, 1.82) is 0 Å². The van der Waals surface area contributed by atoms with E-state index in [-0.39, 0.29) is 6.61 Å². The molecule has 6 nitrogen and oxygen atoms in total. The number of aliphatic hydroxyl groups excluding tert-OH is 2. The van der Waals surface area contributed by atoms with Crippen LogP contribution in [-0.4, -0.2) is 51.1 Å². The van der Waals surface area contributed by atoms with Gasteiger partial charge in [-0.05, 0) is 25.3 Å². The molecule has 25 heavy (non-hydrogen) atoms. The molecule has 0 unspecified atom stereocenters. The highest BCUT2D eigenvalue weighted by Gasteiger charge is 2.41. The van der Waals surface area contributed by atoms with Gasteiger partial charge in [0.25, 0.3) is 0 Å². The van der Waals surface area contributed by atoms with Crippen LogP contribution in [0, 0.1) is 12.3 Å². The standard InChI is InChI=1S/C19H27N3O3/c1-3-9-19(13-23)12-22(10-8-16(19)24)11-17-20-18(21-25-17)15-7-5-4-6-14(15)2/h4-7,16,23-24H,3,8-13H2,1-2H3/t16-,19-/m0/s1. The molecule has 2 atom stereocenters. The van der Waals surface area contributed by atoms with E-state index in [4.69, 9.17) is 4.52 Å². The quantitative estimate of drug-likeness (QED) is 0.836. The summed E-state index contributed by atoms with van der Waals surface area (Å²) in [6, 6.07) is 7.96. The fourth-order valence-corrected chi connectivity index (χ4v) is 3.80. The van der Waals surface area contributed by atoms with E-state index < -0.39 is 11.5 Å². The summed E-state index contributed by atoms with van der Waals surface area (Å²) >= 11 is 0. The molecule has 0 spiro atoms. The van der Waals surface area contributed by atoms with Gasteiger partial charge in [-0.1, -0.05) is 42.8 Å². The Balaban J connectivity index is 1.72. The number of benzene rings is 1. The number of nitrogens with zero attached hydrogens (tertiary/aromatic N) is 3. The zero-order chi connectivity index (χ0) is 17.9. The second-order valence-corrected chi connectivity index (χ2v) is 7.11. The lowest BCUT2D eigenvalue weighted by atomic mass is 9.74. The topological polar surface area (TPSA) is 82.6 Å². The zero-order valence-corrected chi connectivity index (χ0v) is 15.0. The summed E-state index contributed by atoms with van der Waals surface area (Å²) in [5.41, 5.74) is 1.63. The van der Waals surface area contributed by atoms with Crippen LogP contribution in [0.5, 0.6) is 0 Å². The molecule has 6 heteroatoms. The lowest BCUT2D eigenvalue weighted by Crippen LogP contribution is -2.53. The first-order valence-electron chi connectivity index (χ1n) is 8.98. The number of aliphatic hydroxyl groups is 2. The fraction of sp³-hybridized carbons (Fsp3) is 0.579. The van der Waals surface area contributed by atoms with Crippen molar-refractivity contribution in [3.63, 3.8) is 0 Å². The van der Waals surface area contributed by atoms with Crippen LogP contribution in [0.15, 0.2) is 28.8 Å². The SMILES string of the molecule is CCC[C@@]1(CO)CN(Cc2nc(-c3ccccc3C)no2)CC[C@@H]1O. The van der Waals surface area contributed by atoms with Gasteiger partial charge in [0.2, 0.25) is 11.7 Å². The summed E-state index contributed by atoms with van der Waals surface area (Å²) < 4.78 is 5.44. The molecule has 3 rings (SSSR count). The molecule has 1 saturated heterocycles. The average Bonchev–Trinajstić information content (AvgIpc) is 3.06. The molecule has 1 fully saturated rings. The van der Waals surface area contributed by atoms with Crippen LogP contribution in [-0.2, 0) is 6.54 Å². The van der Waals surface area contributed by atoms with Crippen molar-refractivity contribution in [3.05, 3.63) is 35.7 Å². The van der Waals surface area contributed by atoms with E-state index in [0.29, 0.717) is 31.2 Å². The number of hydrogen-bond acceptors (Lipinski definition) is 6. The number of piperidine rings is 1. The van der Waals surface area contributed by atoms with Gasteiger partial charge in [0.1, 0.15) is 0 Å². The predicted molar refractivity (Wildman–Crippen MR) is 94.8 cm³/mol. The van der Waals surface area contributed by atoms with Gasteiger partial charge < -0.3 is 14.7 Å². The first-order chi connectivity index (χ1) is 12.1. The van der Waals surface area contributed by atoms with Gasteiger partial charge in [-0.15, -0.1) is 0 Å². The van der Waals surface area contributed by atoms with E-state index in [1.807, 2.05) is 31.2 Å². The van der Waals surface area contributed by atoms with Crippen LogP contribution in [0.25, 0.3) is 11.4 Å². The van der Waals surface area contributed by atoms with Crippen molar-refractivity contribution in [2.24, 2.45) is 5.41 Å². The van der Waals surface area contributed by atoms with Crippen molar-refractivity contribution in [1.82, 2.24) is 15.0 Å². The Bertz CT molecular complexity index is 703. The average molecular weight is 345 g/mol. The Kier molecular flexibility index (Phi) is 5.51. The summed E-state index contributed by atoms with van der Waals surface area (Å²) in [5.74, 6) is 1.17. The van der Waals surface area contributed by atoms with E-state index in [0.717, 1.165) is 30.5 Å². The van der Waals surface area contributed by atoms with Gasteiger partial charge in [0.15, 0.2) is 0 Å². The third-order valence-electron chi connectivity index (χ3n) is 5.24. The minimum Gasteiger partial charge on any atom is -0.396 e. The van der Waals surface area contributed by atoms with Crippen LogP contribution in [0.4, 0.5) is 0 Å². The molecule has 2 aromatic rings. The van der Waals surface area contributed by atoms with Crippen LogP contribution >= 0.6 is 0 Å². The van der Waals surface area contributed by atoms with Crippen molar-refractivity contribution in [3.8, 4) is 11.4 Å². The highest BCUT2D eigenvalue weighted by molar-refractivity contribution is 5.58. The molecule has 1 aliphatic rings. The summed E-state index contributed by atoms with van der Waals surface area (Å²) in [6.45, 7) is 6.04. The summed E-state index contributed by atoms with van der Waals surface area (Å²) in [4.78, 5) is 6.72. The minimum atomic E-state index is -0.459. The van der Waals surface area contributed by atoms with Gasteiger partial charge >= 0.3 is 0 Å². The fourth-order valence-electron chi connectivity index (χ4n) is 3.80. The molecule has 2 N–H and O–H groups in total. The molecule has 1 aromatic carbocycles. The monoisotopic (exact) mass is 345 g/mol. The lowest BCUT2D eigenvalue weighted by Gasteiger charge is -2.45. The van der Waals surface area contributed by atoms with Crippen LogP contribution < -0.4 is 0 Å². The second-order valence-electron chi connectivity index (χ2n) is 7.11. The second kappa shape index (κ2) is 7.64. The van der Waals surface area contributed by atoms with Gasteiger partial charge in [-0.2, -0.15) is 4.98 Å². The largest absolute Gasteiger partial charge is 0.396 e. The number of aromatic nitrogens is 2. The van der Waals surface area contributed by atoms with Gasteiger partial charge in [0.05, 0.1) is 19.3 Å². The Morgan fingerprint density at radius 3 is 2.88 bits per heavy atom. The maximum Gasteiger partial charge on any atom is 0.241 e. The molecule has 2 heterocycles. The van der Waals surface area contributed by atoms with Crippen molar-refractivity contribution in [2.45, 2.75) is 45.8 Å². The smallest absolute Gasteiger partial charge is 0.241 e. The first kappa shape index (κ1) is 18.0. The van der Waals surface area contributed by atoms with Crippen molar-refractivity contribution >= 4 is 0 Å². The third kappa shape index (κ3) is 3.76. The highest BCUT2D eigenvalue weighted by Crippen LogP contribution is 2.35. The molecule has 136 valence electrons. The minimum absolute atomic E-state index is 0.00317. The maximum atomic E-state index is 10.4. The molecule has 1 aliphatic heterocycles. The Morgan fingerprint density at radius 2 is 2.16 bits per heavy atom. The van der Waals surface area contributed by atoms with E-state index in [9.17, 15) is 10.2 Å². The molecular formula is C19H27N3O3. The van der Waals surface area contributed by atoms with Crippen LogP contribution in [0.2, 0.25) is 0 Å². The molecular weight excluding hydrogens is 318 g/mol. The van der Waals surface area contributed by atoms with Gasteiger partial charge in [0, 0.05) is 24.1 Å². The van der Waals surface area contributed by atoms with Gasteiger partial charge in [-0.3, -0.25) is 4.90 Å².